The molecular weight excluding hydrogens is 198 g/mol. The molecule has 0 radical (unpaired) electrons. The molecule has 0 aliphatic rings. The van der Waals surface area contributed by atoms with Crippen LogP contribution < -0.4 is 0 Å². The number of hydrogen-bond acceptors (Lipinski definition) is 2. The second-order valence-electron chi connectivity index (χ2n) is 3.49. The Hall–Kier alpha value is -1.09. The molecule has 0 aliphatic carbocycles. The number of fused-ring (bicyclic) bond motifs is 1. The highest BCUT2D eigenvalue weighted by Gasteiger charge is 2.08. The summed E-state index contributed by atoms with van der Waals surface area (Å²) < 4.78 is 1.84. The third-order valence-electron chi connectivity index (χ3n) is 2.29. The molecule has 0 spiro atoms. The Bertz CT molecular complexity index is 474. The maximum Gasteiger partial charge on any atom is 0.158 e. The van der Waals surface area contributed by atoms with Crippen LogP contribution in [0.5, 0.6) is 0 Å². The van der Waals surface area contributed by atoms with Crippen molar-refractivity contribution in [2.75, 3.05) is 0 Å². The second kappa shape index (κ2) is 3.58. The molecule has 2 heterocycles. The largest absolute Gasteiger partial charge is 0.250 e. The number of aryl methyl sites for hydroxylation is 4. The number of nitrogens with zero attached hydrogens (tertiary/aromatic N) is 3. The molecule has 2 aromatic rings. The van der Waals surface area contributed by atoms with E-state index in [1.54, 1.807) is 0 Å². The molecule has 0 saturated heterocycles. The van der Waals surface area contributed by atoms with E-state index in [2.05, 4.69) is 23.1 Å². The zero-order valence-electron chi connectivity index (χ0n) is 8.83. The van der Waals surface area contributed by atoms with Gasteiger partial charge in [-0.3, -0.25) is 4.68 Å². The first kappa shape index (κ1) is 11.0. The molecule has 2 rings (SSSR count). The molecule has 2 aromatic heterocycles. The van der Waals surface area contributed by atoms with Crippen LogP contribution in [-0.2, 0) is 7.05 Å². The molecule has 0 atom stereocenters. The van der Waals surface area contributed by atoms with Crippen LogP contribution in [0.3, 0.4) is 0 Å². The van der Waals surface area contributed by atoms with Gasteiger partial charge in [-0.05, 0) is 32.4 Å². The summed E-state index contributed by atoms with van der Waals surface area (Å²) in [6.07, 6.45) is 0. The van der Waals surface area contributed by atoms with Gasteiger partial charge in [0.25, 0.3) is 0 Å². The average molecular weight is 212 g/mol. The Morgan fingerprint density at radius 3 is 2.50 bits per heavy atom. The topological polar surface area (TPSA) is 30.7 Å². The van der Waals surface area contributed by atoms with Crippen LogP contribution in [0, 0.1) is 20.8 Å². The van der Waals surface area contributed by atoms with Crippen LogP contribution in [0.25, 0.3) is 11.0 Å². The van der Waals surface area contributed by atoms with Gasteiger partial charge in [0.1, 0.15) is 0 Å². The van der Waals surface area contributed by atoms with E-state index in [4.69, 9.17) is 0 Å². The first-order valence-corrected chi connectivity index (χ1v) is 4.37. The molecule has 4 heteroatoms. The molecule has 0 fully saturated rings. The Morgan fingerprint density at radius 1 is 1.21 bits per heavy atom. The molecule has 0 aromatic carbocycles. The van der Waals surface area contributed by atoms with E-state index in [0.717, 1.165) is 17.0 Å². The van der Waals surface area contributed by atoms with Crippen LogP contribution in [0.2, 0.25) is 0 Å². The van der Waals surface area contributed by atoms with Gasteiger partial charge in [0.05, 0.1) is 5.69 Å². The Morgan fingerprint density at radius 2 is 1.86 bits per heavy atom. The maximum atomic E-state index is 4.46. The number of aromatic nitrogens is 3. The Kier molecular flexibility index (Phi) is 2.81. The lowest BCUT2D eigenvalue weighted by atomic mass is 10.1. The van der Waals surface area contributed by atoms with Gasteiger partial charge < -0.3 is 0 Å². The van der Waals surface area contributed by atoms with Gasteiger partial charge in [-0.15, -0.1) is 12.4 Å². The summed E-state index contributed by atoms with van der Waals surface area (Å²) in [7, 11) is 1.93. The van der Waals surface area contributed by atoms with Crippen LogP contribution in [0.15, 0.2) is 6.07 Å². The van der Waals surface area contributed by atoms with E-state index >= 15 is 0 Å². The Labute approximate surface area is 89.6 Å². The zero-order valence-corrected chi connectivity index (χ0v) is 9.64. The third kappa shape index (κ3) is 1.48. The zero-order chi connectivity index (χ0) is 9.59. The van der Waals surface area contributed by atoms with Crippen LogP contribution in [-0.4, -0.2) is 14.8 Å². The van der Waals surface area contributed by atoms with Crippen molar-refractivity contribution in [3.05, 3.63) is 23.0 Å². The molecule has 0 N–H and O–H groups in total. The number of rotatable bonds is 0. The highest BCUT2D eigenvalue weighted by molar-refractivity contribution is 5.85. The van der Waals surface area contributed by atoms with Gasteiger partial charge in [0.15, 0.2) is 5.65 Å². The fourth-order valence-corrected chi connectivity index (χ4v) is 1.82. The molecule has 0 aliphatic heterocycles. The molecule has 14 heavy (non-hydrogen) atoms. The summed E-state index contributed by atoms with van der Waals surface area (Å²) in [5, 5.41) is 5.53. The molecule has 3 nitrogen and oxygen atoms in total. The van der Waals surface area contributed by atoms with Crippen molar-refractivity contribution in [3.8, 4) is 0 Å². The fraction of sp³-hybridized carbons (Fsp3) is 0.400. The van der Waals surface area contributed by atoms with E-state index in [1.165, 1.54) is 10.9 Å². The molecule has 0 unspecified atom stereocenters. The lowest BCUT2D eigenvalue weighted by molar-refractivity contribution is 0.772. The van der Waals surface area contributed by atoms with Crippen molar-refractivity contribution >= 4 is 23.4 Å². The molecule has 0 saturated carbocycles. The number of halogens is 1. The summed E-state index contributed by atoms with van der Waals surface area (Å²) in [6.45, 7) is 6.13. The summed E-state index contributed by atoms with van der Waals surface area (Å²) in [5.41, 5.74) is 4.35. The highest BCUT2D eigenvalue weighted by atomic mass is 35.5. The van der Waals surface area contributed by atoms with Gasteiger partial charge in [0.2, 0.25) is 0 Å². The van der Waals surface area contributed by atoms with Crippen LogP contribution in [0.4, 0.5) is 0 Å². The van der Waals surface area contributed by atoms with Crippen LogP contribution in [0.1, 0.15) is 17.0 Å². The third-order valence-corrected chi connectivity index (χ3v) is 2.29. The first-order chi connectivity index (χ1) is 6.09. The fourth-order valence-electron chi connectivity index (χ4n) is 1.82. The highest BCUT2D eigenvalue weighted by Crippen LogP contribution is 2.20. The predicted molar refractivity (Wildman–Crippen MR) is 60.0 cm³/mol. The quantitative estimate of drug-likeness (QED) is 0.670. The van der Waals surface area contributed by atoms with E-state index in [1.807, 2.05) is 25.6 Å². The predicted octanol–water partition coefficient (Wildman–Crippen LogP) is 2.32. The van der Waals surface area contributed by atoms with Crippen molar-refractivity contribution in [1.82, 2.24) is 14.8 Å². The first-order valence-electron chi connectivity index (χ1n) is 4.37. The Balaban J connectivity index is 0.000000980. The maximum absolute atomic E-state index is 4.46. The molecule has 0 bridgehead atoms. The summed E-state index contributed by atoms with van der Waals surface area (Å²) in [5.74, 6) is 0. The van der Waals surface area contributed by atoms with E-state index in [-0.39, 0.29) is 12.4 Å². The second-order valence-corrected chi connectivity index (χ2v) is 3.49. The smallest absolute Gasteiger partial charge is 0.158 e. The molecular formula is C10H14ClN3. The van der Waals surface area contributed by atoms with Gasteiger partial charge in [0, 0.05) is 18.1 Å². The van der Waals surface area contributed by atoms with Crippen molar-refractivity contribution < 1.29 is 0 Å². The van der Waals surface area contributed by atoms with Gasteiger partial charge in [-0.2, -0.15) is 5.10 Å². The molecule has 76 valence electrons. The van der Waals surface area contributed by atoms with Gasteiger partial charge >= 0.3 is 0 Å². The van der Waals surface area contributed by atoms with Crippen molar-refractivity contribution in [2.24, 2.45) is 7.05 Å². The van der Waals surface area contributed by atoms with E-state index < -0.39 is 0 Å². The summed E-state index contributed by atoms with van der Waals surface area (Å²) >= 11 is 0. The standard InChI is InChI=1S/C10H13N3.ClH/c1-6-5-7(2)11-10-9(6)8(3)12-13(10)4;/h5H,1-4H3;1H. The number of hydrogen-bond donors (Lipinski definition) is 0. The van der Waals surface area contributed by atoms with Crippen LogP contribution >= 0.6 is 12.4 Å². The van der Waals surface area contributed by atoms with E-state index in [0.29, 0.717) is 0 Å². The normalized spacial score (nSPS) is 10.3. The van der Waals surface area contributed by atoms with Crippen molar-refractivity contribution in [2.45, 2.75) is 20.8 Å². The summed E-state index contributed by atoms with van der Waals surface area (Å²) in [4.78, 5) is 4.46. The molecule has 0 amide bonds. The monoisotopic (exact) mass is 211 g/mol. The van der Waals surface area contributed by atoms with Gasteiger partial charge in [-0.25, -0.2) is 4.98 Å². The lowest BCUT2D eigenvalue weighted by Gasteiger charge is -1.99. The minimum Gasteiger partial charge on any atom is -0.250 e. The average Bonchev–Trinajstić information content (AvgIpc) is 2.27. The van der Waals surface area contributed by atoms with Crippen molar-refractivity contribution in [3.63, 3.8) is 0 Å². The van der Waals surface area contributed by atoms with Crippen molar-refractivity contribution in [1.29, 1.82) is 0 Å². The minimum absolute atomic E-state index is 0. The lowest BCUT2D eigenvalue weighted by Crippen LogP contribution is -1.93. The SMILES string of the molecule is Cc1cc(C)c2c(C)nn(C)c2n1.Cl. The minimum atomic E-state index is 0. The van der Waals surface area contributed by atoms with E-state index in [9.17, 15) is 0 Å². The summed E-state index contributed by atoms with van der Waals surface area (Å²) in [6, 6.07) is 2.09. The number of pyridine rings is 1. The van der Waals surface area contributed by atoms with Gasteiger partial charge in [-0.1, -0.05) is 0 Å².